The van der Waals surface area contributed by atoms with Crippen molar-refractivity contribution in [3.8, 4) is 0 Å². The molecule has 1 aromatic heterocycles. The van der Waals surface area contributed by atoms with Gasteiger partial charge in [0.05, 0.1) is 23.4 Å². The number of amides is 1. The topological polar surface area (TPSA) is 76.7 Å². The van der Waals surface area contributed by atoms with Crippen molar-refractivity contribution < 1.29 is 18.3 Å². The van der Waals surface area contributed by atoms with Crippen molar-refractivity contribution in [2.24, 2.45) is 0 Å². The van der Waals surface area contributed by atoms with Crippen molar-refractivity contribution >= 4 is 28.4 Å². The molecule has 0 aliphatic carbocycles. The lowest BCUT2D eigenvalue weighted by atomic mass is 10.2. The van der Waals surface area contributed by atoms with E-state index in [9.17, 15) is 14.0 Å². The highest BCUT2D eigenvalue weighted by molar-refractivity contribution is 5.91. The van der Waals surface area contributed by atoms with Gasteiger partial charge in [-0.3, -0.25) is 9.36 Å². The van der Waals surface area contributed by atoms with Gasteiger partial charge in [0.15, 0.2) is 5.58 Å². The van der Waals surface area contributed by atoms with E-state index in [1.54, 1.807) is 36.4 Å². The minimum atomic E-state index is -0.506. The Hall–Kier alpha value is -3.13. The Morgan fingerprint density at radius 3 is 2.63 bits per heavy atom. The molecule has 2 heterocycles. The molecule has 0 radical (unpaired) electrons. The predicted octanol–water partition coefficient (Wildman–Crippen LogP) is 3.38. The third-order valence-electron chi connectivity index (χ3n) is 5.13. The van der Waals surface area contributed by atoms with Gasteiger partial charge in [-0.15, -0.1) is 0 Å². The van der Waals surface area contributed by atoms with Crippen LogP contribution in [0.5, 0.6) is 0 Å². The first-order valence-electron chi connectivity index (χ1n) is 9.99. The number of rotatable bonds is 5. The maximum atomic E-state index is 14.7. The second-order valence-electron chi connectivity index (χ2n) is 7.61. The van der Waals surface area contributed by atoms with Crippen LogP contribution in [-0.2, 0) is 16.1 Å². The normalized spacial score (nSPS) is 19.2. The summed E-state index contributed by atoms with van der Waals surface area (Å²) in [4.78, 5) is 26.3. The summed E-state index contributed by atoms with van der Waals surface area (Å²) in [5.41, 5.74) is 1.98. The molecule has 1 aliphatic rings. The summed E-state index contributed by atoms with van der Waals surface area (Å²) in [5, 5.41) is 2.69. The molecule has 1 aliphatic heterocycles. The van der Waals surface area contributed by atoms with E-state index in [2.05, 4.69) is 5.32 Å². The molecule has 1 fully saturated rings. The maximum absolute atomic E-state index is 14.7. The Morgan fingerprint density at radius 1 is 1.17 bits per heavy atom. The van der Waals surface area contributed by atoms with Crippen LogP contribution in [0.2, 0.25) is 0 Å². The number of carbonyl (C=O) groups is 1. The van der Waals surface area contributed by atoms with Gasteiger partial charge in [-0.2, -0.15) is 0 Å². The van der Waals surface area contributed by atoms with E-state index in [1.807, 2.05) is 18.7 Å². The number of aryl methyl sites for hydroxylation is 1. The van der Waals surface area contributed by atoms with Gasteiger partial charge >= 0.3 is 5.76 Å². The summed E-state index contributed by atoms with van der Waals surface area (Å²) in [5.74, 6) is -1.22. The average Bonchev–Trinajstić information content (AvgIpc) is 3.00. The van der Waals surface area contributed by atoms with Crippen molar-refractivity contribution in [3.05, 3.63) is 58.8 Å². The van der Waals surface area contributed by atoms with Crippen LogP contribution in [0.4, 0.5) is 15.8 Å². The zero-order valence-electron chi connectivity index (χ0n) is 16.9. The molecule has 0 unspecified atom stereocenters. The van der Waals surface area contributed by atoms with Gasteiger partial charge in [0.2, 0.25) is 5.91 Å². The minimum Gasteiger partial charge on any atom is -0.408 e. The SMILES string of the molecule is C[C@@H]1CN(c2ccc(NC(=O)CCn3c(=O)oc4ccccc43)cc2F)C[C@H](C)O1. The van der Waals surface area contributed by atoms with Crippen molar-refractivity contribution in [1.29, 1.82) is 0 Å². The summed E-state index contributed by atoms with van der Waals surface area (Å²) in [7, 11) is 0. The Labute approximate surface area is 173 Å². The number of aromatic nitrogens is 1. The molecule has 2 aromatic carbocycles. The van der Waals surface area contributed by atoms with Crippen LogP contribution in [0.1, 0.15) is 20.3 Å². The number of hydrogen-bond donors (Lipinski definition) is 1. The number of anilines is 2. The predicted molar refractivity (Wildman–Crippen MR) is 112 cm³/mol. The lowest BCUT2D eigenvalue weighted by molar-refractivity contribution is -0.116. The molecule has 1 N–H and O–H groups in total. The van der Waals surface area contributed by atoms with Crippen molar-refractivity contribution in [2.75, 3.05) is 23.3 Å². The highest BCUT2D eigenvalue weighted by Crippen LogP contribution is 2.26. The second kappa shape index (κ2) is 8.31. The molecule has 4 rings (SSSR count). The first-order valence-corrected chi connectivity index (χ1v) is 9.99. The second-order valence-corrected chi connectivity index (χ2v) is 7.61. The quantitative estimate of drug-likeness (QED) is 0.694. The first kappa shape index (κ1) is 20.2. The van der Waals surface area contributed by atoms with Gasteiger partial charge in [0.1, 0.15) is 5.82 Å². The first-order chi connectivity index (χ1) is 14.4. The molecular weight excluding hydrogens is 389 g/mol. The van der Waals surface area contributed by atoms with Crippen LogP contribution < -0.4 is 16.0 Å². The fourth-order valence-corrected chi connectivity index (χ4v) is 3.88. The van der Waals surface area contributed by atoms with Crippen LogP contribution in [0.25, 0.3) is 11.1 Å². The molecule has 1 amide bonds. The Balaban J connectivity index is 1.40. The number of nitrogens with zero attached hydrogens (tertiary/aromatic N) is 2. The standard InChI is InChI=1S/C22H24FN3O4/c1-14-12-25(13-15(2)29-14)18-8-7-16(11-17(18)23)24-21(27)9-10-26-19-5-3-4-6-20(19)30-22(26)28/h3-8,11,14-15H,9-10,12-13H2,1-2H3,(H,24,27)/t14-,15+. The molecule has 3 aromatic rings. The molecule has 158 valence electrons. The summed E-state index contributed by atoms with van der Waals surface area (Å²) in [6.07, 6.45) is 0.107. The van der Waals surface area contributed by atoms with Gasteiger partial charge in [0, 0.05) is 31.7 Å². The van der Waals surface area contributed by atoms with Gasteiger partial charge in [0.25, 0.3) is 0 Å². The van der Waals surface area contributed by atoms with Gasteiger partial charge < -0.3 is 19.4 Å². The van der Waals surface area contributed by atoms with Crippen molar-refractivity contribution in [3.63, 3.8) is 0 Å². The Bertz CT molecular complexity index is 1110. The fourth-order valence-electron chi connectivity index (χ4n) is 3.88. The van der Waals surface area contributed by atoms with Crippen LogP contribution in [0.15, 0.2) is 51.7 Å². The number of benzene rings is 2. The summed E-state index contributed by atoms with van der Waals surface area (Å²) >= 11 is 0. The highest BCUT2D eigenvalue weighted by Gasteiger charge is 2.24. The number of carbonyl (C=O) groups excluding carboxylic acids is 1. The van der Waals surface area contributed by atoms with E-state index in [-0.39, 0.29) is 31.1 Å². The lowest BCUT2D eigenvalue weighted by Crippen LogP contribution is -2.45. The number of morpholine rings is 1. The van der Waals surface area contributed by atoms with E-state index in [0.29, 0.717) is 35.6 Å². The zero-order chi connectivity index (χ0) is 21.3. The van der Waals surface area contributed by atoms with E-state index >= 15 is 0 Å². The van der Waals surface area contributed by atoms with E-state index in [0.717, 1.165) is 0 Å². The average molecular weight is 413 g/mol. The van der Waals surface area contributed by atoms with Crippen LogP contribution >= 0.6 is 0 Å². The van der Waals surface area contributed by atoms with Gasteiger partial charge in [-0.05, 0) is 44.2 Å². The van der Waals surface area contributed by atoms with E-state index in [1.165, 1.54) is 10.6 Å². The summed E-state index contributed by atoms with van der Waals surface area (Å²) in [6.45, 7) is 5.32. The van der Waals surface area contributed by atoms with Gasteiger partial charge in [-0.25, -0.2) is 9.18 Å². The molecule has 7 nitrogen and oxygen atoms in total. The Kier molecular flexibility index (Phi) is 5.59. The summed E-state index contributed by atoms with van der Waals surface area (Å²) < 4.78 is 27.0. The van der Waals surface area contributed by atoms with Crippen LogP contribution in [0.3, 0.4) is 0 Å². The number of fused-ring (bicyclic) bond motifs is 1. The monoisotopic (exact) mass is 413 g/mol. The maximum Gasteiger partial charge on any atom is 0.419 e. The van der Waals surface area contributed by atoms with Crippen LogP contribution in [-0.4, -0.2) is 35.8 Å². The molecule has 0 bridgehead atoms. The smallest absolute Gasteiger partial charge is 0.408 e. The minimum absolute atomic E-state index is 0.0231. The van der Waals surface area contributed by atoms with Crippen molar-refractivity contribution in [2.45, 2.75) is 39.0 Å². The number of nitrogens with one attached hydrogen (secondary N) is 1. The fraction of sp³-hybridized carbons (Fsp3) is 0.364. The number of oxazole rings is 1. The number of para-hydroxylation sites is 2. The highest BCUT2D eigenvalue weighted by atomic mass is 19.1. The number of ether oxygens (including phenoxy) is 1. The number of hydrogen-bond acceptors (Lipinski definition) is 5. The van der Waals surface area contributed by atoms with Crippen molar-refractivity contribution in [1.82, 2.24) is 4.57 Å². The van der Waals surface area contributed by atoms with E-state index < -0.39 is 11.6 Å². The molecule has 30 heavy (non-hydrogen) atoms. The largest absolute Gasteiger partial charge is 0.419 e. The zero-order valence-corrected chi connectivity index (χ0v) is 16.9. The van der Waals surface area contributed by atoms with E-state index in [4.69, 9.17) is 9.15 Å². The van der Waals surface area contributed by atoms with Crippen LogP contribution in [0, 0.1) is 5.82 Å². The lowest BCUT2D eigenvalue weighted by Gasteiger charge is -2.37. The molecule has 8 heteroatoms. The molecule has 0 saturated carbocycles. The third-order valence-corrected chi connectivity index (χ3v) is 5.13. The van der Waals surface area contributed by atoms with Gasteiger partial charge in [-0.1, -0.05) is 12.1 Å². The molecular formula is C22H24FN3O4. The molecule has 1 saturated heterocycles. The number of halogens is 1. The third kappa shape index (κ3) is 4.23. The molecule has 0 spiro atoms. The summed E-state index contributed by atoms with van der Waals surface area (Å²) in [6, 6.07) is 11.7. The molecule has 2 atom stereocenters. The Morgan fingerprint density at radius 2 is 1.90 bits per heavy atom.